The van der Waals surface area contributed by atoms with Gasteiger partial charge < -0.3 is 19.9 Å². The summed E-state index contributed by atoms with van der Waals surface area (Å²) in [7, 11) is -2.95. The Morgan fingerprint density at radius 1 is 1.21 bits per heavy atom. The van der Waals surface area contributed by atoms with Crippen LogP contribution in [0, 0.1) is 10.2 Å². The topological polar surface area (TPSA) is 135 Å². The zero-order chi connectivity index (χ0) is 23.0. The molecule has 2 atom stereocenters. The molecule has 0 radical (unpaired) electrons. The normalized spacial score (nSPS) is 30.9. The maximum absolute atomic E-state index is 12.7. The number of hydrogen-bond donors (Lipinski definition) is 3. The molecule has 8 nitrogen and oxygen atoms in total. The average Bonchev–Trinajstić information content (AvgIpc) is 3.16. The highest BCUT2D eigenvalue weighted by atomic mass is 35.5. The van der Waals surface area contributed by atoms with Crippen molar-refractivity contribution in [3.05, 3.63) is 47.0 Å². The maximum Gasteiger partial charge on any atom is 0.287 e. The van der Waals surface area contributed by atoms with E-state index < -0.39 is 15.3 Å². The number of fused-ring (bicyclic) bond motifs is 1. The number of amides is 1. The molecule has 1 aromatic carbocycles. The number of hydrogen-bond acceptors (Lipinski definition) is 7. The molecule has 174 valence electrons. The standard InChI is InChI=1S/C23H25ClN4O4S/c24-13-1-4-17-16(9-13)28-21(32-17)23(25)11-22(12-23)8-7-14(10-22)27-20(29)18-5-6-19(31-18)33(26,30)15-2-3-15/h1,4-6,9,14-15,26H,2-3,7-8,10-12,25H2,(H,27,29)/t14-,22-,23+,33?/m0/s1. The minimum Gasteiger partial charge on any atom is -0.441 e. The van der Waals surface area contributed by atoms with Crippen LogP contribution in [0.15, 0.2) is 44.3 Å². The van der Waals surface area contributed by atoms with E-state index in [0.29, 0.717) is 22.0 Å². The predicted molar refractivity (Wildman–Crippen MR) is 123 cm³/mol. The van der Waals surface area contributed by atoms with Gasteiger partial charge in [-0.05, 0) is 80.7 Å². The highest BCUT2D eigenvalue weighted by molar-refractivity contribution is 7.93. The van der Waals surface area contributed by atoms with Gasteiger partial charge in [0, 0.05) is 11.1 Å². The van der Waals surface area contributed by atoms with Crippen molar-refractivity contribution in [3.63, 3.8) is 0 Å². The summed E-state index contributed by atoms with van der Waals surface area (Å²) in [6.07, 6.45) is 5.70. The fourth-order valence-corrected chi connectivity index (χ4v) is 7.41. The molecule has 0 bridgehead atoms. The van der Waals surface area contributed by atoms with E-state index in [1.54, 1.807) is 18.2 Å². The molecule has 0 aliphatic heterocycles. The minimum absolute atomic E-state index is 0.0156. The van der Waals surface area contributed by atoms with Gasteiger partial charge in [-0.3, -0.25) is 4.79 Å². The van der Waals surface area contributed by atoms with E-state index in [1.807, 2.05) is 0 Å². The molecule has 1 unspecified atom stereocenters. The summed E-state index contributed by atoms with van der Waals surface area (Å²) in [5.74, 6) is 0.317. The lowest BCUT2D eigenvalue weighted by molar-refractivity contribution is 0.0120. The second kappa shape index (κ2) is 7.07. The fraction of sp³-hybridized carbons (Fsp3) is 0.478. The lowest BCUT2D eigenvalue weighted by atomic mass is 9.56. The van der Waals surface area contributed by atoms with Crippen molar-refractivity contribution >= 4 is 38.3 Å². The molecule has 1 spiro atoms. The number of nitrogens with two attached hydrogens (primary N) is 1. The number of aromatic nitrogens is 1. The van der Waals surface area contributed by atoms with E-state index in [1.165, 1.54) is 12.1 Å². The summed E-state index contributed by atoms with van der Waals surface area (Å²) in [4.78, 5) is 17.3. The van der Waals surface area contributed by atoms with Crippen LogP contribution in [-0.4, -0.2) is 26.4 Å². The van der Waals surface area contributed by atoms with E-state index >= 15 is 0 Å². The Hall–Kier alpha value is -2.36. The van der Waals surface area contributed by atoms with Gasteiger partial charge in [-0.15, -0.1) is 0 Å². The number of rotatable bonds is 5. The molecule has 2 heterocycles. The molecule has 3 saturated carbocycles. The van der Waals surface area contributed by atoms with Crippen molar-refractivity contribution in [1.82, 2.24) is 10.3 Å². The molecule has 2 aromatic heterocycles. The van der Waals surface area contributed by atoms with Crippen molar-refractivity contribution in [2.75, 3.05) is 0 Å². The molecule has 10 heteroatoms. The lowest BCUT2D eigenvalue weighted by Crippen LogP contribution is -2.55. The molecule has 1 amide bonds. The number of furan rings is 1. The predicted octanol–water partition coefficient (Wildman–Crippen LogP) is 4.56. The SMILES string of the molecule is N=S(=O)(c1ccc(C(=O)N[C@H]2CC[C@]3(C2)C[C@](N)(c2nc4cc(Cl)ccc4o2)C3)o1)C1CC1. The Bertz CT molecular complexity index is 1370. The third kappa shape index (κ3) is 3.57. The molecule has 3 aliphatic rings. The van der Waals surface area contributed by atoms with Crippen molar-refractivity contribution in [2.24, 2.45) is 11.1 Å². The zero-order valence-corrected chi connectivity index (χ0v) is 19.5. The van der Waals surface area contributed by atoms with Crippen LogP contribution in [0.5, 0.6) is 0 Å². The number of oxazole rings is 1. The first-order chi connectivity index (χ1) is 15.7. The third-order valence-electron chi connectivity index (χ3n) is 7.29. The fourth-order valence-electron chi connectivity index (χ4n) is 5.63. The Labute approximate surface area is 196 Å². The summed E-state index contributed by atoms with van der Waals surface area (Å²) in [6.45, 7) is 0. The van der Waals surface area contributed by atoms with Crippen LogP contribution < -0.4 is 11.1 Å². The molecule has 3 aliphatic carbocycles. The van der Waals surface area contributed by atoms with Crippen molar-refractivity contribution in [2.45, 2.75) is 66.9 Å². The van der Waals surface area contributed by atoms with Gasteiger partial charge in [0.15, 0.2) is 16.4 Å². The average molecular weight is 489 g/mol. The quantitative estimate of drug-likeness (QED) is 0.481. The smallest absolute Gasteiger partial charge is 0.287 e. The summed E-state index contributed by atoms with van der Waals surface area (Å²) in [5.41, 5.74) is 7.48. The van der Waals surface area contributed by atoms with E-state index in [0.717, 1.165) is 44.9 Å². The second-order valence-corrected chi connectivity index (χ2v) is 12.7. The van der Waals surface area contributed by atoms with Crippen LogP contribution in [-0.2, 0) is 15.3 Å². The minimum atomic E-state index is -2.95. The van der Waals surface area contributed by atoms with Crippen molar-refractivity contribution < 1.29 is 17.8 Å². The summed E-state index contributed by atoms with van der Waals surface area (Å²) in [5, 5.41) is 3.60. The third-order valence-corrected chi connectivity index (χ3v) is 9.75. The Morgan fingerprint density at radius 3 is 2.76 bits per heavy atom. The highest BCUT2D eigenvalue weighted by Crippen LogP contribution is 2.60. The number of carbonyl (C=O) groups is 1. The lowest BCUT2D eigenvalue weighted by Gasteiger charge is -2.51. The van der Waals surface area contributed by atoms with Crippen LogP contribution in [0.25, 0.3) is 11.1 Å². The zero-order valence-electron chi connectivity index (χ0n) is 17.9. The molecule has 0 saturated heterocycles. The second-order valence-electron chi connectivity index (χ2n) is 9.97. The summed E-state index contributed by atoms with van der Waals surface area (Å²) in [6, 6.07) is 8.37. The molecule has 3 fully saturated rings. The van der Waals surface area contributed by atoms with Crippen molar-refractivity contribution in [1.29, 1.82) is 4.78 Å². The van der Waals surface area contributed by atoms with Gasteiger partial charge in [0.25, 0.3) is 5.91 Å². The van der Waals surface area contributed by atoms with Gasteiger partial charge in [-0.25, -0.2) is 14.0 Å². The van der Waals surface area contributed by atoms with Crippen molar-refractivity contribution in [3.8, 4) is 0 Å². The number of benzene rings is 1. The van der Waals surface area contributed by atoms with Gasteiger partial charge in [-0.1, -0.05) is 11.6 Å². The van der Waals surface area contributed by atoms with E-state index in [2.05, 4.69) is 10.3 Å². The van der Waals surface area contributed by atoms with E-state index in [9.17, 15) is 9.00 Å². The van der Waals surface area contributed by atoms with Crippen LogP contribution in [0.2, 0.25) is 5.02 Å². The molecular weight excluding hydrogens is 464 g/mol. The van der Waals surface area contributed by atoms with Gasteiger partial charge in [-0.2, -0.15) is 0 Å². The molecule has 6 rings (SSSR count). The van der Waals surface area contributed by atoms with Gasteiger partial charge in [0.2, 0.25) is 5.89 Å². The number of carbonyl (C=O) groups excluding carboxylic acids is 1. The Kier molecular flexibility index (Phi) is 4.54. The molecule has 33 heavy (non-hydrogen) atoms. The monoisotopic (exact) mass is 488 g/mol. The first-order valence-corrected chi connectivity index (χ1v) is 13.2. The van der Waals surface area contributed by atoms with Gasteiger partial charge >= 0.3 is 0 Å². The molecular formula is C23H25ClN4O4S. The van der Waals surface area contributed by atoms with Crippen LogP contribution in [0.4, 0.5) is 0 Å². The Morgan fingerprint density at radius 2 is 2.00 bits per heavy atom. The van der Waals surface area contributed by atoms with Gasteiger partial charge in [0.05, 0.1) is 10.8 Å². The van der Waals surface area contributed by atoms with Gasteiger partial charge in [0.1, 0.15) is 15.2 Å². The largest absolute Gasteiger partial charge is 0.441 e. The van der Waals surface area contributed by atoms with Crippen LogP contribution in [0.3, 0.4) is 0 Å². The maximum atomic E-state index is 12.7. The van der Waals surface area contributed by atoms with E-state index in [-0.39, 0.29) is 33.5 Å². The number of nitrogens with zero attached hydrogens (tertiary/aromatic N) is 1. The number of halogens is 1. The Balaban J connectivity index is 1.10. The molecule has 4 N–H and O–H groups in total. The van der Waals surface area contributed by atoms with Crippen LogP contribution >= 0.6 is 11.6 Å². The summed E-state index contributed by atoms with van der Waals surface area (Å²) >= 11 is 6.05. The summed E-state index contributed by atoms with van der Waals surface area (Å²) < 4.78 is 32.0. The van der Waals surface area contributed by atoms with Crippen LogP contribution in [0.1, 0.15) is 61.4 Å². The number of nitrogens with one attached hydrogen (secondary N) is 2. The first kappa shape index (κ1) is 21.2. The molecule has 3 aromatic rings. The highest BCUT2D eigenvalue weighted by Gasteiger charge is 2.58. The van der Waals surface area contributed by atoms with E-state index in [4.69, 9.17) is 30.9 Å². The first-order valence-electron chi connectivity index (χ1n) is 11.2.